The van der Waals surface area contributed by atoms with Gasteiger partial charge < -0.3 is 5.32 Å². The Labute approximate surface area is 128 Å². The van der Waals surface area contributed by atoms with Crippen LogP contribution in [0.25, 0.3) is 0 Å². The van der Waals surface area contributed by atoms with Crippen molar-refractivity contribution >= 4 is 0 Å². The van der Waals surface area contributed by atoms with Gasteiger partial charge in [0.05, 0.1) is 0 Å². The van der Waals surface area contributed by atoms with Crippen LogP contribution in [0.1, 0.15) is 37.3 Å². The van der Waals surface area contributed by atoms with Crippen molar-refractivity contribution in [2.24, 2.45) is 11.8 Å². The number of nitrogens with zero attached hydrogens (tertiary/aromatic N) is 1. The third-order valence-electron chi connectivity index (χ3n) is 5.70. The zero-order valence-electron chi connectivity index (χ0n) is 12.7. The zero-order chi connectivity index (χ0) is 14.1. The summed E-state index contributed by atoms with van der Waals surface area (Å²) < 4.78 is 0. The first-order valence-electron chi connectivity index (χ1n) is 8.61. The van der Waals surface area contributed by atoms with E-state index >= 15 is 0 Å². The van der Waals surface area contributed by atoms with Crippen molar-refractivity contribution in [3.8, 4) is 0 Å². The van der Waals surface area contributed by atoms with Crippen LogP contribution in [0.4, 0.5) is 0 Å². The average molecular weight is 282 g/mol. The van der Waals surface area contributed by atoms with Crippen LogP contribution in [0.5, 0.6) is 0 Å². The van der Waals surface area contributed by atoms with Gasteiger partial charge >= 0.3 is 0 Å². The van der Waals surface area contributed by atoms with E-state index in [1.165, 1.54) is 44.3 Å². The van der Waals surface area contributed by atoms with Crippen LogP contribution in [0, 0.1) is 11.8 Å². The largest absolute Gasteiger partial charge is 0.311 e. The number of hydrogen-bond acceptors (Lipinski definition) is 2. The Hall–Kier alpha value is -1.12. The molecule has 2 nitrogen and oxygen atoms in total. The van der Waals surface area contributed by atoms with Gasteiger partial charge in [0.15, 0.2) is 0 Å². The van der Waals surface area contributed by atoms with Gasteiger partial charge in [-0.3, -0.25) is 4.90 Å². The van der Waals surface area contributed by atoms with E-state index in [4.69, 9.17) is 0 Å². The molecule has 1 saturated heterocycles. The van der Waals surface area contributed by atoms with Crippen molar-refractivity contribution in [2.45, 2.75) is 37.8 Å². The standard InChI is InChI=1S/C19H26N2/c1-2-7-15(8-3-1)19(21-11-4-5-12-21)14-20-18-13-16-9-6-10-17(16)18/h1-3,6-8,10,16-20H,4-5,9,11-14H2. The Kier molecular flexibility index (Phi) is 3.83. The highest BCUT2D eigenvalue weighted by Gasteiger charge is 2.41. The van der Waals surface area contributed by atoms with Crippen LogP contribution in [0.15, 0.2) is 42.5 Å². The maximum absolute atomic E-state index is 3.87. The summed E-state index contributed by atoms with van der Waals surface area (Å²) >= 11 is 0. The number of likely N-dealkylation sites (tertiary alicyclic amines) is 1. The van der Waals surface area contributed by atoms with Gasteiger partial charge in [-0.05, 0) is 56.2 Å². The third-order valence-corrected chi connectivity index (χ3v) is 5.70. The fourth-order valence-corrected chi connectivity index (χ4v) is 4.40. The molecule has 4 rings (SSSR count). The minimum atomic E-state index is 0.554. The lowest BCUT2D eigenvalue weighted by Crippen LogP contribution is -2.50. The molecule has 3 aliphatic rings. The van der Waals surface area contributed by atoms with Crippen molar-refractivity contribution in [3.05, 3.63) is 48.0 Å². The predicted octanol–water partition coefficient (Wildman–Crippen LogP) is 3.38. The van der Waals surface area contributed by atoms with E-state index in [0.29, 0.717) is 6.04 Å². The summed E-state index contributed by atoms with van der Waals surface area (Å²) in [4.78, 5) is 2.67. The molecule has 1 aromatic rings. The molecule has 1 heterocycles. The molecule has 2 fully saturated rings. The second-order valence-electron chi connectivity index (χ2n) is 6.92. The van der Waals surface area contributed by atoms with Gasteiger partial charge in [-0.2, -0.15) is 0 Å². The molecule has 0 amide bonds. The first-order valence-corrected chi connectivity index (χ1v) is 8.61. The highest BCUT2D eigenvalue weighted by Crippen LogP contribution is 2.42. The second kappa shape index (κ2) is 5.94. The number of nitrogens with one attached hydrogen (secondary N) is 1. The van der Waals surface area contributed by atoms with E-state index in [2.05, 4.69) is 52.7 Å². The molecule has 1 N–H and O–H groups in total. The zero-order valence-corrected chi connectivity index (χ0v) is 12.7. The van der Waals surface area contributed by atoms with Crippen molar-refractivity contribution in [1.29, 1.82) is 0 Å². The van der Waals surface area contributed by atoms with Gasteiger partial charge in [-0.1, -0.05) is 42.5 Å². The average Bonchev–Trinajstić information content (AvgIpc) is 3.14. The molecule has 1 saturated carbocycles. The van der Waals surface area contributed by atoms with Crippen LogP contribution in [-0.4, -0.2) is 30.6 Å². The summed E-state index contributed by atoms with van der Waals surface area (Å²) in [6, 6.07) is 12.3. The van der Waals surface area contributed by atoms with E-state index < -0.39 is 0 Å². The summed E-state index contributed by atoms with van der Waals surface area (Å²) in [7, 11) is 0. The van der Waals surface area contributed by atoms with Gasteiger partial charge in [0.1, 0.15) is 0 Å². The summed E-state index contributed by atoms with van der Waals surface area (Å²) in [6.07, 6.45) is 10.2. The lowest BCUT2D eigenvalue weighted by Gasteiger charge is -2.42. The molecule has 2 heteroatoms. The molecule has 0 aromatic heterocycles. The molecule has 0 bridgehead atoms. The minimum absolute atomic E-state index is 0.554. The number of fused-ring (bicyclic) bond motifs is 1. The number of allylic oxidation sites excluding steroid dienone is 1. The van der Waals surface area contributed by atoms with E-state index in [1.54, 1.807) is 0 Å². The van der Waals surface area contributed by atoms with Crippen LogP contribution in [0.3, 0.4) is 0 Å². The fraction of sp³-hybridized carbons (Fsp3) is 0.579. The predicted molar refractivity (Wildman–Crippen MR) is 87.1 cm³/mol. The molecule has 21 heavy (non-hydrogen) atoms. The number of benzene rings is 1. The minimum Gasteiger partial charge on any atom is -0.311 e. The second-order valence-corrected chi connectivity index (χ2v) is 6.92. The topological polar surface area (TPSA) is 15.3 Å². The Morgan fingerprint density at radius 1 is 1.14 bits per heavy atom. The molecule has 2 aliphatic carbocycles. The van der Waals surface area contributed by atoms with Gasteiger partial charge in [0, 0.05) is 18.6 Å². The van der Waals surface area contributed by atoms with Gasteiger partial charge in [-0.25, -0.2) is 0 Å². The van der Waals surface area contributed by atoms with Gasteiger partial charge in [-0.15, -0.1) is 0 Å². The molecule has 4 atom stereocenters. The van der Waals surface area contributed by atoms with Crippen molar-refractivity contribution in [3.63, 3.8) is 0 Å². The Morgan fingerprint density at radius 3 is 2.71 bits per heavy atom. The molecule has 1 aromatic carbocycles. The molecular formula is C19H26N2. The lowest BCUT2D eigenvalue weighted by molar-refractivity contribution is 0.144. The van der Waals surface area contributed by atoms with E-state index in [9.17, 15) is 0 Å². The van der Waals surface area contributed by atoms with Crippen molar-refractivity contribution in [1.82, 2.24) is 10.2 Å². The molecule has 4 unspecified atom stereocenters. The fourth-order valence-electron chi connectivity index (χ4n) is 4.40. The Bertz CT molecular complexity index is 490. The Morgan fingerprint density at radius 2 is 1.95 bits per heavy atom. The van der Waals surface area contributed by atoms with Gasteiger partial charge in [0.2, 0.25) is 0 Å². The van der Waals surface area contributed by atoms with E-state index in [1.807, 2.05) is 0 Å². The van der Waals surface area contributed by atoms with Crippen molar-refractivity contribution < 1.29 is 0 Å². The SMILES string of the molecule is C1=CC2C(C1)CC2NCC(c1ccccc1)N1CCCC1. The highest BCUT2D eigenvalue weighted by molar-refractivity contribution is 5.20. The molecule has 1 aliphatic heterocycles. The van der Waals surface area contributed by atoms with Gasteiger partial charge in [0.25, 0.3) is 0 Å². The maximum Gasteiger partial charge on any atom is 0.0472 e. The smallest absolute Gasteiger partial charge is 0.0472 e. The summed E-state index contributed by atoms with van der Waals surface area (Å²) in [6.45, 7) is 3.63. The normalized spacial score (nSPS) is 32.9. The first kappa shape index (κ1) is 13.5. The molecular weight excluding hydrogens is 256 g/mol. The molecule has 0 spiro atoms. The van der Waals surface area contributed by atoms with Crippen molar-refractivity contribution in [2.75, 3.05) is 19.6 Å². The quantitative estimate of drug-likeness (QED) is 0.833. The highest BCUT2D eigenvalue weighted by atomic mass is 15.2. The van der Waals surface area contributed by atoms with Crippen LogP contribution in [-0.2, 0) is 0 Å². The van der Waals surface area contributed by atoms with Crippen LogP contribution in [0.2, 0.25) is 0 Å². The molecule has 112 valence electrons. The van der Waals surface area contributed by atoms with E-state index in [0.717, 1.165) is 24.4 Å². The lowest BCUT2D eigenvalue weighted by atomic mass is 9.71. The van der Waals surface area contributed by atoms with Crippen LogP contribution >= 0.6 is 0 Å². The summed E-state index contributed by atoms with van der Waals surface area (Å²) in [5, 5.41) is 3.87. The van der Waals surface area contributed by atoms with E-state index in [-0.39, 0.29) is 0 Å². The third kappa shape index (κ3) is 2.67. The first-order chi connectivity index (χ1) is 10.4. The number of rotatable bonds is 5. The Balaban J connectivity index is 1.41. The summed E-state index contributed by atoms with van der Waals surface area (Å²) in [5.74, 6) is 1.77. The monoisotopic (exact) mass is 282 g/mol. The summed E-state index contributed by atoms with van der Waals surface area (Å²) in [5.41, 5.74) is 1.48. The number of hydrogen-bond donors (Lipinski definition) is 1. The molecule has 0 radical (unpaired) electrons. The maximum atomic E-state index is 3.87. The van der Waals surface area contributed by atoms with Crippen LogP contribution < -0.4 is 5.32 Å².